The Balaban J connectivity index is 1.69. The smallest absolute Gasteiger partial charge is 0.417 e. The second-order valence-electron chi connectivity index (χ2n) is 4.81. The minimum absolute atomic E-state index is 0.114. The second-order valence-corrected chi connectivity index (χ2v) is 5.65. The molecule has 0 amide bonds. The second kappa shape index (κ2) is 6.89. The Bertz CT molecular complexity index is 882. The first-order valence-electron chi connectivity index (χ1n) is 6.77. The van der Waals surface area contributed by atoms with Crippen molar-refractivity contribution in [3.8, 4) is 17.3 Å². The van der Waals surface area contributed by atoms with Crippen molar-refractivity contribution in [1.29, 1.82) is 0 Å². The van der Waals surface area contributed by atoms with Crippen molar-refractivity contribution in [3.63, 3.8) is 0 Å². The summed E-state index contributed by atoms with van der Waals surface area (Å²) >= 11 is 11.6. The fourth-order valence-electron chi connectivity index (χ4n) is 1.84. The van der Waals surface area contributed by atoms with Crippen molar-refractivity contribution in [2.24, 2.45) is 0 Å². The van der Waals surface area contributed by atoms with Crippen molar-refractivity contribution in [3.05, 3.63) is 58.0 Å². The zero-order chi connectivity index (χ0) is 18.0. The van der Waals surface area contributed by atoms with Crippen LogP contribution < -0.4 is 4.74 Å². The minimum Gasteiger partial charge on any atom is -0.467 e. The van der Waals surface area contributed by atoms with Gasteiger partial charge in [0.1, 0.15) is 5.02 Å². The molecule has 1 aromatic carbocycles. The average Bonchev–Trinajstić information content (AvgIpc) is 3.02. The van der Waals surface area contributed by atoms with Crippen molar-refractivity contribution in [2.45, 2.75) is 12.8 Å². The molecule has 0 bridgehead atoms. The van der Waals surface area contributed by atoms with Crippen LogP contribution in [0.5, 0.6) is 5.88 Å². The van der Waals surface area contributed by atoms with Crippen LogP contribution in [0.1, 0.15) is 11.5 Å². The summed E-state index contributed by atoms with van der Waals surface area (Å²) in [5.41, 5.74) is -0.304. The number of benzene rings is 1. The number of pyridine rings is 1. The number of halogens is 5. The van der Waals surface area contributed by atoms with Gasteiger partial charge in [-0.1, -0.05) is 23.2 Å². The summed E-state index contributed by atoms with van der Waals surface area (Å²) in [6.07, 6.45) is -3.90. The van der Waals surface area contributed by atoms with E-state index < -0.39 is 11.7 Å². The van der Waals surface area contributed by atoms with Gasteiger partial charge in [0, 0.05) is 16.8 Å². The van der Waals surface area contributed by atoms with E-state index in [-0.39, 0.29) is 29.3 Å². The van der Waals surface area contributed by atoms with E-state index in [9.17, 15) is 13.2 Å². The molecule has 0 aliphatic heterocycles. The van der Waals surface area contributed by atoms with Crippen LogP contribution in [0.2, 0.25) is 10.0 Å². The SMILES string of the molecule is FC(F)(F)c1cnc(OCc2nnc(-c3ccc(Cl)cc3)o2)c(Cl)c1. The van der Waals surface area contributed by atoms with Crippen molar-refractivity contribution >= 4 is 23.2 Å². The maximum absolute atomic E-state index is 12.6. The van der Waals surface area contributed by atoms with Crippen LogP contribution in [0, 0.1) is 0 Å². The molecular formula is C15H8Cl2F3N3O2. The molecule has 2 aromatic heterocycles. The molecule has 0 aliphatic rings. The molecule has 10 heteroatoms. The van der Waals surface area contributed by atoms with E-state index in [2.05, 4.69) is 15.2 Å². The zero-order valence-electron chi connectivity index (χ0n) is 12.2. The number of nitrogens with zero attached hydrogens (tertiary/aromatic N) is 3. The van der Waals surface area contributed by atoms with Crippen LogP contribution in [-0.2, 0) is 12.8 Å². The Morgan fingerprint density at radius 2 is 1.80 bits per heavy atom. The standard InChI is InChI=1S/C15H8Cl2F3N3O2/c16-10-3-1-8(2-4-10)13-23-22-12(25-13)7-24-14-11(17)5-9(6-21-14)15(18,19)20/h1-6H,7H2. The predicted octanol–water partition coefficient (Wildman–Crippen LogP) is 5.04. The first-order valence-corrected chi connectivity index (χ1v) is 7.52. The predicted molar refractivity (Wildman–Crippen MR) is 83.3 cm³/mol. The van der Waals surface area contributed by atoms with E-state index >= 15 is 0 Å². The van der Waals surface area contributed by atoms with Gasteiger partial charge in [0.05, 0.1) is 5.56 Å². The third kappa shape index (κ3) is 4.21. The minimum atomic E-state index is -4.53. The number of aromatic nitrogens is 3. The molecule has 2 heterocycles. The summed E-state index contributed by atoms with van der Waals surface area (Å²) < 4.78 is 48.3. The first kappa shape index (κ1) is 17.5. The molecule has 0 aliphatic carbocycles. The molecule has 0 spiro atoms. The third-order valence-corrected chi connectivity index (χ3v) is 3.55. The molecule has 5 nitrogen and oxygen atoms in total. The summed E-state index contributed by atoms with van der Waals surface area (Å²) in [5.74, 6) is 0.199. The van der Waals surface area contributed by atoms with Crippen LogP contribution in [0.25, 0.3) is 11.5 Å². The number of hydrogen-bond acceptors (Lipinski definition) is 5. The van der Waals surface area contributed by atoms with E-state index in [1.807, 2.05) is 0 Å². The number of hydrogen-bond donors (Lipinski definition) is 0. The molecular weight excluding hydrogens is 382 g/mol. The van der Waals surface area contributed by atoms with Gasteiger partial charge >= 0.3 is 6.18 Å². The Morgan fingerprint density at radius 1 is 1.08 bits per heavy atom. The van der Waals surface area contributed by atoms with Crippen molar-refractivity contribution in [2.75, 3.05) is 0 Å². The maximum atomic E-state index is 12.6. The topological polar surface area (TPSA) is 61.0 Å². The van der Waals surface area contributed by atoms with Crippen LogP contribution in [0.3, 0.4) is 0 Å². The Kier molecular flexibility index (Phi) is 4.82. The highest BCUT2D eigenvalue weighted by Gasteiger charge is 2.31. The van der Waals surface area contributed by atoms with E-state index in [0.717, 1.165) is 6.07 Å². The largest absolute Gasteiger partial charge is 0.467 e. The van der Waals surface area contributed by atoms with Gasteiger partial charge in [-0.2, -0.15) is 13.2 Å². The first-order chi connectivity index (χ1) is 11.8. The number of alkyl halides is 3. The van der Waals surface area contributed by atoms with E-state index in [0.29, 0.717) is 16.8 Å². The molecule has 0 fully saturated rings. The van der Waals surface area contributed by atoms with Gasteiger partial charge in [-0.15, -0.1) is 10.2 Å². The molecule has 0 radical (unpaired) electrons. The lowest BCUT2D eigenvalue weighted by Crippen LogP contribution is -2.06. The molecule has 0 unspecified atom stereocenters. The van der Waals surface area contributed by atoms with Gasteiger partial charge in [0.2, 0.25) is 11.8 Å². The Labute approximate surface area is 149 Å². The maximum Gasteiger partial charge on any atom is 0.417 e. The van der Waals surface area contributed by atoms with Crippen LogP contribution in [0.4, 0.5) is 13.2 Å². The molecule has 0 saturated heterocycles. The molecule has 0 N–H and O–H groups in total. The van der Waals surface area contributed by atoms with E-state index in [4.69, 9.17) is 32.4 Å². The van der Waals surface area contributed by atoms with Gasteiger partial charge < -0.3 is 9.15 Å². The highest BCUT2D eigenvalue weighted by atomic mass is 35.5. The average molecular weight is 390 g/mol. The van der Waals surface area contributed by atoms with Gasteiger partial charge in [-0.25, -0.2) is 4.98 Å². The lowest BCUT2D eigenvalue weighted by atomic mass is 10.2. The Hall–Kier alpha value is -2.32. The summed E-state index contributed by atoms with van der Waals surface area (Å²) in [6.45, 7) is -0.196. The highest BCUT2D eigenvalue weighted by molar-refractivity contribution is 6.31. The molecule has 3 rings (SSSR count). The molecule has 0 atom stereocenters. The number of rotatable bonds is 4. The summed E-state index contributed by atoms with van der Waals surface area (Å²) in [5, 5.41) is 7.94. The van der Waals surface area contributed by atoms with Gasteiger partial charge in [-0.05, 0) is 30.3 Å². The number of ether oxygens (including phenoxy) is 1. The van der Waals surface area contributed by atoms with Gasteiger partial charge in [0.25, 0.3) is 5.89 Å². The Morgan fingerprint density at radius 3 is 2.44 bits per heavy atom. The third-order valence-electron chi connectivity index (χ3n) is 3.03. The lowest BCUT2D eigenvalue weighted by molar-refractivity contribution is -0.137. The van der Waals surface area contributed by atoms with Crippen molar-refractivity contribution < 1.29 is 22.3 Å². The van der Waals surface area contributed by atoms with Crippen molar-refractivity contribution in [1.82, 2.24) is 15.2 Å². The summed E-state index contributed by atoms with van der Waals surface area (Å²) in [4.78, 5) is 3.56. The molecule has 25 heavy (non-hydrogen) atoms. The highest BCUT2D eigenvalue weighted by Crippen LogP contribution is 2.33. The monoisotopic (exact) mass is 389 g/mol. The molecule has 0 saturated carbocycles. The fraction of sp³-hybridized carbons (Fsp3) is 0.133. The summed E-state index contributed by atoms with van der Waals surface area (Å²) in [6, 6.07) is 7.48. The van der Waals surface area contributed by atoms with Crippen LogP contribution >= 0.6 is 23.2 Å². The van der Waals surface area contributed by atoms with E-state index in [1.165, 1.54) is 0 Å². The summed E-state index contributed by atoms with van der Waals surface area (Å²) in [7, 11) is 0. The van der Waals surface area contributed by atoms with Crippen LogP contribution in [-0.4, -0.2) is 15.2 Å². The van der Waals surface area contributed by atoms with E-state index in [1.54, 1.807) is 24.3 Å². The molecule has 130 valence electrons. The molecule has 3 aromatic rings. The lowest BCUT2D eigenvalue weighted by Gasteiger charge is -2.09. The fourth-order valence-corrected chi connectivity index (χ4v) is 2.18. The quantitative estimate of drug-likeness (QED) is 0.625. The zero-order valence-corrected chi connectivity index (χ0v) is 13.7. The van der Waals surface area contributed by atoms with Crippen LogP contribution in [0.15, 0.2) is 40.9 Å². The van der Waals surface area contributed by atoms with Gasteiger partial charge in [0.15, 0.2) is 6.61 Å². The normalized spacial score (nSPS) is 11.6. The van der Waals surface area contributed by atoms with Gasteiger partial charge in [-0.3, -0.25) is 0 Å².